The summed E-state index contributed by atoms with van der Waals surface area (Å²) in [5.74, 6) is 0.593. The predicted molar refractivity (Wildman–Crippen MR) is 61.8 cm³/mol. The highest BCUT2D eigenvalue weighted by Crippen LogP contribution is 2.38. The van der Waals surface area contributed by atoms with Crippen LogP contribution in [0.1, 0.15) is 46.5 Å². The zero-order valence-electron chi connectivity index (χ0n) is 9.47. The highest BCUT2D eigenvalue weighted by molar-refractivity contribution is 4.95. The molecule has 0 radical (unpaired) electrons. The molecule has 0 spiro atoms. The molecule has 2 unspecified atom stereocenters. The van der Waals surface area contributed by atoms with Crippen LogP contribution in [0.2, 0.25) is 0 Å². The molecule has 76 valence electrons. The molecule has 0 aromatic rings. The largest absolute Gasteiger partial charge is 0.103 e. The lowest BCUT2D eigenvalue weighted by atomic mass is 9.70. The molecule has 0 aliphatic heterocycles. The third kappa shape index (κ3) is 3.38. The minimum absolute atomic E-state index is 0.421. The summed E-state index contributed by atoms with van der Waals surface area (Å²) in [6, 6.07) is 0. The third-order valence-corrected chi connectivity index (χ3v) is 3.23. The van der Waals surface area contributed by atoms with Gasteiger partial charge >= 0.3 is 0 Å². The van der Waals surface area contributed by atoms with Crippen molar-refractivity contribution in [3.63, 3.8) is 0 Å². The van der Waals surface area contributed by atoms with Gasteiger partial charge in [-0.05, 0) is 24.2 Å². The lowest BCUT2D eigenvalue weighted by Crippen LogP contribution is -2.24. The summed E-state index contributed by atoms with van der Waals surface area (Å²) in [5, 5.41) is 0. The van der Waals surface area contributed by atoms with Crippen molar-refractivity contribution >= 4 is 0 Å². The van der Waals surface area contributed by atoms with E-state index < -0.39 is 0 Å². The molecule has 0 heterocycles. The van der Waals surface area contributed by atoms with Gasteiger partial charge in [0.05, 0.1) is 0 Å². The molecular weight excluding hydrogens is 156 g/mol. The van der Waals surface area contributed by atoms with Gasteiger partial charge in [-0.2, -0.15) is 0 Å². The van der Waals surface area contributed by atoms with Crippen LogP contribution >= 0.6 is 0 Å². The van der Waals surface area contributed by atoms with Crippen LogP contribution in [-0.4, -0.2) is 0 Å². The number of hydrogen-bond acceptors (Lipinski definition) is 0. The van der Waals surface area contributed by atoms with Crippen molar-refractivity contribution in [1.29, 1.82) is 0 Å². The normalized spacial score (nSPS) is 17.5. The first-order chi connectivity index (χ1) is 6.14. The molecule has 0 aromatic heterocycles. The number of rotatable bonds is 7. The average Bonchev–Trinajstić information content (AvgIpc) is 2.14. The second-order valence-electron chi connectivity index (χ2n) is 4.12. The maximum absolute atomic E-state index is 3.93. The smallest absolute Gasteiger partial charge is 0.0148 e. The maximum atomic E-state index is 3.93. The van der Waals surface area contributed by atoms with E-state index in [0.717, 1.165) is 6.42 Å². The lowest BCUT2D eigenvalue weighted by molar-refractivity contribution is 0.198. The van der Waals surface area contributed by atoms with Crippen LogP contribution in [0.5, 0.6) is 0 Å². The van der Waals surface area contributed by atoms with Crippen LogP contribution in [-0.2, 0) is 0 Å². The molecule has 0 saturated carbocycles. The summed E-state index contributed by atoms with van der Waals surface area (Å²) in [5.41, 5.74) is 0.421. The van der Waals surface area contributed by atoms with Crippen LogP contribution in [0.25, 0.3) is 0 Å². The number of hydrogen-bond donors (Lipinski definition) is 0. The van der Waals surface area contributed by atoms with Crippen molar-refractivity contribution in [2.24, 2.45) is 11.3 Å². The summed E-state index contributed by atoms with van der Waals surface area (Å²) in [6.07, 6.45) is 8.94. The Hall–Kier alpha value is -0.520. The molecule has 0 nitrogen and oxygen atoms in total. The van der Waals surface area contributed by atoms with E-state index in [1.807, 2.05) is 6.08 Å². The van der Waals surface area contributed by atoms with Crippen molar-refractivity contribution in [3.8, 4) is 0 Å². The van der Waals surface area contributed by atoms with Gasteiger partial charge in [-0.25, -0.2) is 0 Å². The van der Waals surface area contributed by atoms with Crippen LogP contribution in [0.3, 0.4) is 0 Å². The van der Waals surface area contributed by atoms with Crippen LogP contribution in [0.15, 0.2) is 25.3 Å². The van der Waals surface area contributed by atoms with Crippen molar-refractivity contribution < 1.29 is 0 Å². The Morgan fingerprint density at radius 1 is 1.31 bits per heavy atom. The molecule has 0 aromatic carbocycles. The van der Waals surface area contributed by atoms with Gasteiger partial charge < -0.3 is 0 Å². The van der Waals surface area contributed by atoms with Crippen LogP contribution < -0.4 is 0 Å². The van der Waals surface area contributed by atoms with E-state index in [2.05, 4.69) is 40.0 Å². The molecule has 0 rings (SSSR count). The molecule has 0 aliphatic rings. The molecular formula is C13H24. The van der Waals surface area contributed by atoms with E-state index in [1.165, 1.54) is 19.3 Å². The van der Waals surface area contributed by atoms with E-state index in [9.17, 15) is 0 Å². The van der Waals surface area contributed by atoms with Crippen molar-refractivity contribution in [2.45, 2.75) is 46.5 Å². The zero-order valence-corrected chi connectivity index (χ0v) is 9.47. The summed E-state index contributed by atoms with van der Waals surface area (Å²) < 4.78 is 0. The standard InChI is InChI=1S/C13H24/c1-6-10-12(8-3)13(5,9-4)11-7-2/h6,8,12H,1,3,7,9-11H2,2,4-5H3. The summed E-state index contributed by atoms with van der Waals surface area (Å²) in [7, 11) is 0. The summed E-state index contributed by atoms with van der Waals surface area (Å²) in [6.45, 7) is 14.6. The monoisotopic (exact) mass is 180 g/mol. The van der Waals surface area contributed by atoms with E-state index in [1.54, 1.807) is 0 Å². The molecule has 0 heteroatoms. The molecule has 0 aliphatic carbocycles. The predicted octanol–water partition coefficient (Wildman–Crippen LogP) is 4.58. The van der Waals surface area contributed by atoms with Crippen molar-refractivity contribution in [2.75, 3.05) is 0 Å². The van der Waals surface area contributed by atoms with Gasteiger partial charge in [0.15, 0.2) is 0 Å². The van der Waals surface area contributed by atoms with Gasteiger partial charge in [0.25, 0.3) is 0 Å². The van der Waals surface area contributed by atoms with Gasteiger partial charge in [0, 0.05) is 0 Å². The van der Waals surface area contributed by atoms with Gasteiger partial charge in [-0.1, -0.05) is 45.8 Å². The van der Waals surface area contributed by atoms with Gasteiger partial charge in [0.2, 0.25) is 0 Å². The maximum Gasteiger partial charge on any atom is -0.0148 e. The fraction of sp³-hybridized carbons (Fsp3) is 0.692. The summed E-state index contributed by atoms with van der Waals surface area (Å²) in [4.78, 5) is 0. The molecule has 0 amide bonds. The van der Waals surface area contributed by atoms with Crippen molar-refractivity contribution in [1.82, 2.24) is 0 Å². The van der Waals surface area contributed by atoms with Gasteiger partial charge in [-0.3, -0.25) is 0 Å². The lowest BCUT2D eigenvalue weighted by Gasteiger charge is -2.34. The second kappa shape index (κ2) is 6.01. The minimum atomic E-state index is 0.421. The molecule has 2 atom stereocenters. The molecule has 13 heavy (non-hydrogen) atoms. The first-order valence-corrected chi connectivity index (χ1v) is 5.38. The topological polar surface area (TPSA) is 0 Å². The molecule has 0 fully saturated rings. The Kier molecular flexibility index (Phi) is 5.77. The Labute approximate surface area is 83.7 Å². The first-order valence-electron chi connectivity index (χ1n) is 5.38. The van der Waals surface area contributed by atoms with E-state index in [4.69, 9.17) is 0 Å². The quantitative estimate of drug-likeness (QED) is 0.503. The third-order valence-electron chi connectivity index (χ3n) is 3.23. The fourth-order valence-corrected chi connectivity index (χ4v) is 2.04. The average molecular weight is 180 g/mol. The second-order valence-corrected chi connectivity index (χ2v) is 4.12. The molecule has 0 N–H and O–H groups in total. The highest BCUT2D eigenvalue weighted by atomic mass is 14.3. The van der Waals surface area contributed by atoms with Crippen molar-refractivity contribution in [3.05, 3.63) is 25.3 Å². The Morgan fingerprint density at radius 2 is 1.92 bits per heavy atom. The highest BCUT2D eigenvalue weighted by Gasteiger charge is 2.28. The Morgan fingerprint density at radius 3 is 2.23 bits per heavy atom. The SMILES string of the molecule is C=CCC(C=C)C(C)(CC)CCC. The summed E-state index contributed by atoms with van der Waals surface area (Å²) >= 11 is 0. The van der Waals surface area contributed by atoms with Gasteiger partial charge in [0.1, 0.15) is 0 Å². The minimum Gasteiger partial charge on any atom is -0.103 e. The van der Waals surface area contributed by atoms with E-state index >= 15 is 0 Å². The fourth-order valence-electron chi connectivity index (χ4n) is 2.04. The molecule has 0 saturated heterocycles. The van der Waals surface area contributed by atoms with Crippen LogP contribution in [0, 0.1) is 11.3 Å². The number of allylic oxidation sites excluding steroid dienone is 2. The zero-order chi connectivity index (χ0) is 10.3. The molecule has 0 bridgehead atoms. The first kappa shape index (κ1) is 12.5. The van der Waals surface area contributed by atoms with Crippen LogP contribution in [0.4, 0.5) is 0 Å². The Bertz CT molecular complexity index is 157. The Balaban J connectivity index is 4.46. The van der Waals surface area contributed by atoms with E-state index in [0.29, 0.717) is 11.3 Å². The van der Waals surface area contributed by atoms with E-state index in [-0.39, 0.29) is 0 Å². The van der Waals surface area contributed by atoms with Gasteiger partial charge in [-0.15, -0.1) is 13.2 Å².